The lowest BCUT2D eigenvalue weighted by atomic mass is 9.87. The fraction of sp³-hybridized carbons (Fsp3) is 0.812. The van der Waals surface area contributed by atoms with Crippen LogP contribution in [0.15, 0.2) is 0 Å². The molecule has 2 amide bonds. The van der Waals surface area contributed by atoms with E-state index in [-0.39, 0.29) is 17.2 Å². The summed E-state index contributed by atoms with van der Waals surface area (Å²) in [5, 5.41) is 12.0. The van der Waals surface area contributed by atoms with Gasteiger partial charge in [0.15, 0.2) is 0 Å². The molecule has 0 aromatic heterocycles. The summed E-state index contributed by atoms with van der Waals surface area (Å²) >= 11 is 1.61. The third kappa shape index (κ3) is 3.74. The fourth-order valence-corrected chi connectivity index (χ4v) is 4.69. The zero-order valence-corrected chi connectivity index (χ0v) is 15.2. The molecule has 2 rings (SSSR count). The Morgan fingerprint density at radius 3 is 2.74 bits per heavy atom. The summed E-state index contributed by atoms with van der Waals surface area (Å²) in [6.45, 7) is 9.40. The number of rotatable bonds is 3. The van der Waals surface area contributed by atoms with Crippen molar-refractivity contribution >= 4 is 23.8 Å². The molecular weight excluding hydrogens is 314 g/mol. The molecule has 7 heteroatoms. The van der Waals surface area contributed by atoms with Gasteiger partial charge in [-0.2, -0.15) is 5.26 Å². The molecular formula is C16H25N3O3S. The minimum Gasteiger partial charge on any atom is -0.444 e. The fourth-order valence-electron chi connectivity index (χ4n) is 3.25. The molecule has 2 heterocycles. The molecule has 2 fully saturated rings. The number of amides is 2. The molecule has 23 heavy (non-hydrogen) atoms. The molecule has 0 aromatic carbocycles. The van der Waals surface area contributed by atoms with E-state index in [0.29, 0.717) is 18.6 Å². The largest absolute Gasteiger partial charge is 0.444 e. The molecule has 0 unspecified atom stereocenters. The Bertz CT molecular complexity index is 538. The highest BCUT2D eigenvalue weighted by Crippen LogP contribution is 2.44. The normalized spacial score (nSPS) is 30.3. The van der Waals surface area contributed by atoms with Crippen molar-refractivity contribution in [3.8, 4) is 6.07 Å². The molecule has 0 bridgehead atoms. The number of nitrogens with one attached hydrogen (secondary N) is 1. The van der Waals surface area contributed by atoms with Crippen molar-refractivity contribution in [2.45, 2.75) is 70.0 Å². The third-order valence-corrected chi connectivity index (χ3v) is 5.19. The number of nitrogens with zero attached hydrogens (tertiary/aromatic N) is 2. The number of alkyl carbamates (subject to hydrolysis) is 1. The molecule has 0 saturated carbocycles. The Kier molecular flexibility index (Phi) is 4.86. The van der Waals surface area contributed by atoms with Crippen LogP contribution in [0.5, 0.6) is 0 Å². The van der Waals surface area contributed by atoms with Crippen LogP contribution in [0.25, 0.3) is 0 Å². The van der Waals surface area contributed by atoms with Crippen molar-refractivity contribution in [2.24, 2.45) is 5.92 Å². The quantitative estimate of drug-likeness (QED) is 0.854. The van der Waals surface area contributed by atoms with Gasteiger partial charge in [0, 0.05) is 12.2 Å². The number of thioether (sulfide) groups is 1. The van der Waals surface area contributed by atoms with E-state index in [2.05, 4.69) is 11.4 Å². The van der Waals surface area contributed by atoms with Gasteiger partial charge in [0.25, 0.3) is 5.91 Å². The van der Waals surface area contributed by atoms with Gasteiger partial charge in [-0.05, 0) is 33.1 Å². The van der Waals surface area contributed by atoms with Crippen LogP contribution in [0.3, 0.4) is 0 Å². The molecule has 2 saturated heterocycles. The van der Waals surface area contributed by atoms with Gasteiger partial charge in [0.2, 0.25) is 0 Å². The van der Waals surface area contributed by atoms with Crippen LogP contribution in [0.1, 0.15) is 47.5 Å². The first kappa shape index (κ1) is 17.9. The minimum atomic E-state index is -0.969. The summed E-state index contributed by atoms with van der Waals surface area (Å²) in [4.78, 5) is 26.9. The molecule has 0 aliphatic carbocycles. The van der Waals surface area contributed by atoms with Gasteiger partial charge in [0.1, 0.15) is 17.2 Å². The monoisotopic (exact) mass is 339 g/mol. The molecule has 0 spiro atoms. The van der Waals surface area contributed by atoms with Crippen LogP contribution in [-0.4, -0.2) is 45.2 Å². The van der Waals surface area contributed by atoms with E-state index in [4.69, 9.17) is 4.74 Å². The van der Waals surface area contributed by atoms with E-state index in [1.165, 1.54) is 0 Å². The highest BCUT2D eigenvalue weighted by molar-refractivity contribution is 8.00. The van der Waals surface area contributed by atoms with Gasteiger partial charge >= 0.3 is 6.09 Å². The van der Waals surface area contributed by atoms with Crippen LogP contribution < -0.4 is 5.32 Å². The van der Waals surface area contributed by atoms with Gasteiger partial charge in [-0.15, -0.1) is 11.8 Å². The van der Waals surface area contributed by atoms with Crippen LogP contribution >= 0.6 is 11.8 Å². The van der Waals surface area contributed by atoms with Crippen LogP contribution in [0, 0.1) is 17.2 Å². The average molecular weight is 339 g/mol. The Labute approximate surface area is 141 Å². The molecule has 0 aromatic rings. The second-order valence-electron chi connectivity index (χ2n) is 7.66. The van der Waals surface area contributed by atoms with Crippen molar-refractivity contribution in [2.75, 3.05) is 5.75 Å². The number of carbonyl (C=O) groups is 2. The number of hydrogen-bond acceptors (Lipinski definition) is 5. The first-order valence-electron chi connectivity index (χ1n) is 7.93. The second-order valence-corrected chi connectivity index (χ2v) is 8.87. The highest BCUT2D eigenvalue weighted by Gasteiger charge is 2.57. The molecule has 128 valence electrons. The molecule has 0 radical (unpaired) electrons. The van der Waals surface area contributed by atoms with Gasteiger partial charge in [0.05, 0.1) is 11.4 Å². The lowest BCUT2D eigenvalue weighted by Crippen LogP contribution is -2.56. The predicted molar refractivity (Wildman–Crippen MR) is 88.7 cm³/mol. The van der Waals surface area contributed by atoms with E-state index >= 15 is 0 Å². The molecule has 2 aliphatic rings. The number of hydrogen-bond donors (Lipinski definition) is 1. The molecule has 2 aliphatic heterocycles. The van der Waals surface area contributed by atoms with Crippen LogP contribution in [0.4, 0.5) is 4.79 Å². The van der Waals surface area contributed by atoms with Crippen molar-refractivity contribution in [1.82, 2.24) is 10.2 Å². The van der Waals surface area contributed by atoms with E-state index in [1.54, 1.807) is 37.4 Å². The Morgan fingerprint density at radius 1 is 1.57 bits per heavy atom. The third-order valence-electron chi connectivity index (χ3n) is 3.91. The average Bonchev–Trinajstić information content (AvgIpc) is 2.86. The van der Waals surface area contributed by atoms with E-state index in [1.807, 2.05) is 13.8 Å². The first-order chi connectivity index (χ1) is 10.6. The zero-order valence-electron chi connectivity index (χ0n) is 14.4. The van der Waals surface area contributed by atoms with Crippen molar-refractivity contribution < 1.29 is 14.3 Å². The van der Waals surface area contributed by atoms with Gasteiger partial charge in [-0.3, -0.25) is 4.79 Å². The van der Waals surface area contributed by atoms with Crippen LogP contribution in [0.2, 0.25) is 0 Å². The summed E-state index contributed by atoms with van der Waals surface area (Å²) in [6, 6.07) is 1.78. The summed E-state index contributed by atoms with van der Waals surface area (Å²) in [7, 11) is 0. The molecule has 6 nitrogen and oxygen atoms in total. The maximum Gasteiger partial charge on any atom is 0.408 e. The Balaban J connectivity index is 2.23. The standard InChI is InChI=1S/C16H25N3O3S/c1-10(2)6-16(18-14(21)22-15(3,4)5)7-12-19(13(16)20)11(8-17)9-23-12/h10-12H,6-7,9H2,1-5H3,(H,18,21)/t11-,12+,16-/m1/s1. The summed E-state index contributed by atoms with van der Waals surface area (Å²) in [5.74, 6) is 0.718. The number of fused-ring (bicyclic) bond motifs is 1. The van der Waals surface area contributed by atoms with Crippen LogP contribution in [-0.2, 0) is 9.53 Å². The summed E-state index contributed by atoms with van der Waals surface area (Å²) < 4.78 is 5.34. The SMILES string of the molecule is CC(C)C[C@@]1(NC(=O)OC(C)(C)C)C[C@@H]2SC[C@@H](C#N)N2C1=O. The lowest BCUT2D eigenvalue weighted by Gasteiger charge is -2.32. The number of nitriles is 1. The van der Waals surface area contributed by atoms with E-state index in [0.717, 1.165) is 0 Å². The minimum absolute atomic E-state index is 0.0409. The van der Waals surface area contributed by atoms with E-state index < -0.39 is 23.3 Å². The summed E-state index contributed by atoms with van der Waals surface area (Å²) in [6.07, 6.45) is 0.481. The molecule has 1 N–H and O–H groups in total. The Morgan fingerprint density at radius 2 is 2.22 bits per heavy atom. The first-order valence-corrected chi connectivity index (χ1v) is 8.98. The maximum atomic E-state index is 13.0. The van der Waals surface area contributed by atoms with Gasteiger partial charge in [-0.25, -0.2) is 4.79 Å². The van der Waals surface area contributed by atoms with Crippen molar-refractivity contribution in [3.63, 3.8) is 0 Å². The van der Waals surface area contributed by atoms with Gasteiger partial charge in [-0.1, -0.05) is 13.8 Å². The van der Waals surface area contributed by atoms with Crippen molar-refractivity contribution in [1.29, 1.82) is 5.26 Å². The lowest BCUT2D eigenvalue weighted by molar-refractivity contribution is -0.134. The Hall–Kier alpha value is -1.42. The molecule has 3 atom stereocenters. The van der Waals surface area contributed by atoms with Gasteiger partial charge < -0.3 is 15.0 Å². The van der Waals surface area contributed by atoms with E-state index in [9.17, 15) is 14.9 Å². The highest BCUT2D eigenvalue weighted by atomic mass is 32.2. The second kappa shape index (κ2) is 6.23. The topological polar surface area (TPSA) is 82.4 Å². The number of carbonyl (C=O) groups excluding carboxylic acids is 2. The smallest absolute Gasteiger partial charge is 0.408 e. The predicted octanol–water partition coefficient (Wildman–Crippen LogP) is 2.49. The van der Waals surface area contributed by atoms with Crippen molar-refractivity contribution in [3.05, 3.63) is 0 Å². The zero-order chi connectivity index (χ0) is 17.4. The summed E-state index contributed by atoms with van der Waals surface area (Å²) in [5.41, 5.74) is -1.59. The number of ether oxygens (including phenoxy) is 1. The maximum absolute atomic E-state index is 13.0.